The Kier molecular flexibility index (Phi) is 14.5. The summed E-state index contributed by atoms with van der Waals surface area (Å²) in [4.78, 5) is 62.7. The summed E-state index contributed by atoms with van der Waals surface area (Å²) >= 11 is 0. The van der Waals surface area contributed by atoms with Crippen LogP contribution in [-0.4, -0.2) is 114 Å². The van der Waals surface area contributed by atoms with Crippen molar-refractivity contribution in [2.24, 2.45) is 5.92 Å². The molecular formula is C44H61N5O5. The van der Waals surface area contributed by atoms with Crippen molar-refractivity contribution in [2.45, 2.75) is 89.9 Å². The summed E-state index contributed by atoms with van der Waals surface area (Å²) in [5.74, 6) is -0.382. The minimum Gasteiger partial charge on any atom is -0.444 e. The van der Waals surface area contributed by atoms with E-state index in [2.05, 4.69) is 30.4 Å². The maximum atomic E-state index is 14.8. The molecule has 1 aliphatic rings. The zero-order valence-corrected chi connectivity index (χ0v) is 33.8. The summed E-state index contributed by atoms with van der Waals surface area (Å²) in [7, 11) is 7.44. The summed E-state index contributed by atoms with van der Waals surface area (Å²) in [6.07, 6.45) is 5.57. The van der Waals surface area contributed by atoms with E-state index in [9.17, 15) is 19.2 Å². The molecule has 3 aromatic carbocycles. The number of benzene rings is 3. The lowest BCUT2D eigenvalue weighted by molar-refractivity contribution is -0.150. The summed E-state index contributed by atoms with van der Waals surface area (Å²) in [6.45, 7) is 11.3. The van der Waals surface area contributed by atoms with Crippen LogP contribution >= 0.6 is 0 Å². The van der Waals surface area contributed by atoms with E-state index in [1.54, 1.807) is 45.8 Å². The van der Waals surface area contributed by atoms with Crippen LogP contribution in [0.3, 0.4) is 0 Å². The first-order valence-corrected chi connectivity index (χ1v) is 19.1. The molecule has 0 spiro atoms. The molecule has 4 rings (SSSR count). The molecule has 1 N–H and O–H groups in total. The van der Waals surface area contributed by atoms with Gasteiger partial charge in [0.15, 0.2) is 0 Å². The number of carbonyl (C=O) groups is 4. The van der Waals surface area contributed by atoms with Crippen LogP contribution in [0.1, 0.15) is 65.0 Å². The van der Waals surface area contributed by atoms with Crippen molar-refractivity contribution in [3.05, 3.63) is 96.1 Å². The molecule has 3 aromatic rings. The van der Waals surface area contributed by atoms with Gasteiger partial charge in [-0.3, -0.25) is 14.4 Å². The number of amides is 4. The Hall–Kier alpha value is -4.70. The fraction of sp³-hybridized carbons (Fsp3) is 0.500. The number of likely N-dealkylation sites (tertiary alicyclic amines) is 1. The highest BCUT2D eigenvalue weighted by molar-refractivity contribution is 5.95. The molecule has 0 radical (unpaired) electrons. The van der Waals surface area contributed by atoms with Gasteiger partial charge in [-0.15, -0.1) is 0 Å². The first kappa shape index (κ1) is 42.0. The molecule has 10 nitrogen and oxygen atoms in total. The Bertz CT molecular complexity index is 1770. The number of hydrogen-bond donors (Lipinski definition) is 1. The van der Waals surface area contributed by atoms with Crippen LogP contribution in [0, 0.1) is 5.92 Å². The molecule has 0 aliphatic carbocycles. The second kappa shape index (κ2) is 18.6. The SMILES string of the molecule is CN(C)C[C@@H]1CCCN(C(=O)[C@@H](Cc2ccccc2)N(C)C(=O)[C@@H](Cc2ccc3ccccc3c2)N(C)C(=O)C=CCC(C)(C)NC(=O)OC(C)(C)C)C1. The van der Waals surface area contributed by atoms with E-state index in [0.29, 0.717) is 31.8 Å². The van der Waals surface area contributed by atoms with Crippen LogP contribution in [-0.2, 0) is 32.0 Å². The lowest BCUT2D eigenvalue weighted by atomic mass is 9.95. The number of piperidine rings is 1. The highest BCUT2D eigenvalue weighted by Gasteiger charge is 2.38. The molecule has 54 heavy (non-hydrogen) atoms. The smallest absolute Gasteiger partial charge is 0.408 e. The molecule has 3 atom stereocenters. The first-order valence-electron chi connectivity index (χ1n) is 19.1. The standard InChI is InChI=1S/C44H61N5O5/c1-43(2,3)54-42(53)45-44(4,5)25-15-22-39(50)47(8)37(29-33-23-24-35-20-13-14-21-36(35)27-33)40(51)48(9)38(28-32-17-11-10-12-18-32)41(52)49-26-16-19-34(31-49)30-46(6)7/h10-15,17-18,20-24,27,34,37-38H,16,19,25-26,28-31H2,1-9H3,(H,45,53)/t34-,37+,38+/m0/s1. The van der Waals surface area contributed by atoms with E-state index >= 15 is 0 Å². The number of fused-ring (bicyclic) bond motifs is 1. The highest BCUT2D eigenvalue weighted by Crippen LogP contribution is 2.23. The Labute approximate surface area is 322 Å². The van der Waals surface area contributed by atoms with Gasteiger partial charge in [0.05, 0.1) is 0 Å². The minimum atomic E-state index is -0.893. The third kappa shape index (κ3) is 12.4. The number of nitrogens with zero attached hydrogens (tertiary/aromatic N) is 4. The number of nitrogens with one attached hydrogen (secondary N) is 1. The third-order valence-electron chi connectivity index (χ3n) is 9.90. The van der Waals surface area contributed by atoms with Crippen molar-refractivity contribution in [3.63, 3.8) is 0 Å². The fourth-order valence-electron chi connectivity index (χ4n) is 7.09. The van der Waals surface area contributed by atoms with E-state index in [0.717, 1.165) is 41.3 Å². The second-order valence-corrected chi connectivity index (χ2v) is 16.7. The zero-order chi connectivity index (χ0) is 39.6. The largest absolute Gasteiger partial charge is 0.444 e. The Morgan fingerprint density at radius 2 is 1.48 bits per heavy atom. The van der Waals surface area contributed by atoms with Crippen molar-refractivity contribution >= 4 is 34.6 Å². The predicted octanol–water partition coefficient (Wildman–Crippen LogP) is 6.33. The van der Waals surface area contributed by atoms with E-state index in [1.165, 1.54) is 11.0 Å². The summed E-state index contributed by atoms with van der Waals surface area (Å²) in [5.41, 5.74) is 0.531. The number of carbonyl (C=O) groups excluding carboxylic acids is 4. The normalized spacial score (nSPS) is 16.3. The number of rotatable bonds is 14. The van der Waals surface area contributed by atoms with Gasteiger partial charge < -0.3 is 29.7 Å². The summed E-state index contributed by atoms with van der Waals surface area (Å²) < 4.78 is 5.41. The van der Waals surface area contributed by atoms with Gasteiger partial charge in [-0.25, -0.2) is 4.79 Å². The monoisotopic (exact) mass is 739 g/mol. The van der Waals surface area contributed by atoms with Crippen molar-refractivity contribution in [1.29, 1.82) is 0 Å². The van der Waals surface area contributed by atoms with Crippen LogP contribution in [0.2, 0.25) is 0 Å². The molecule has 0 unspecified atom stereocenters. The van der Waals surface area contributed by atoms with E-state index in [-0.39, 0.29) is 24.1 Å². The number of alkyl carbamates (subject to hydrolysis) is 1. The van der Waals surface area contributed by atoms with Gasteiger partial charge in [0.1, 0.15) is 17.7 Å². The van der Waals surface area contributed by atoms with Gasteiger partial charge in [-0.2, -0.15) is 0 Å². The highest BCUT2D eigenvalue weighted by atomic mass is 16.6. The first-order chi connectivity index (χ1) is 25.4. The number of ether oxygens (including phenoxy) is 1. The zero-order valence-electron chi connectivity index (χ0n) is 33.8. The van der Waals surface area contributed by atoms with Crippen molar-refractivity contribution in [2.75, 3.05) is 47.8 Å². The average molecular weight is 740 g/mol. The van der Waals surface area contributed by atoms with Gasteiger partial charge in [0.25, 0.3) is 0 Å². The van der Waals surface area contributed by atoms with Crippen LogP contribution in [0.25, 0.3) is 10.8 Å². The van der Waals surface area contributed by atoms with Crippen molar-refractivity contribution in [3.8, 4) is 0 Å². The second-order valence-electron chi connectivity index (χ2n) is 16.7. The molecule has 1 heterocycles. The quantitative estimate of drug-likeness (QED) is 0.194. The molecule has 1 fully saturated rings. The van der Waals surface area contributed by atoms with Gasteiger partial charge in [0, 0.05) is 52.1 Å². The lowest BCUT2D eigenvalue weighted by Crippen LogP contribution is -2.57. The van der Waals surface area contributed by atoms with Crippen molar-refractivity contribution < 1.29 is 23.9 Å². The molecule has 0 bridgehead atoms. The van der Waals surface area contributed by atoms with E-state index in [4.69, 9.17) is 4.74 Å². The minimum absolute atomic E-state index is 0.0730. The summed E-state index contributed by atoms with van der Waals surface area (Å²) in [6, 6.07) is 22.3. The molecule has 1 saturated heterocycles. The van der Waals surface area contributed by atoms with Crippen LogP contribution in [0.15, 0.2) is 84.9 Å². The van der Waals surface area contributed by atoms with Gasteiger partial charge >= 0.3 is 6.09 Å². The van der Waals surface area contributed by atoms with Gasteiger partial charge in [-0.1, -0.05) is 78.9 Å². The van der Waals surface area contributed by atoms with Crippen LogP contribution in [0.4, 0.5) is 4.79 Å². The lowest BCUT2D eigenvalue weighted by Gasteiger charge is -2.39. The van der Waals surface area contributed by atoms with E-state index in [1.807, 2.05) is 85.5 Å². The average Bonchev–Trinajstić information content (AvgIpc) is 3.10. The van der Waals surface area contributed by atoms with Gasteiger partial charge in [0.2, 0.25) is 17.7 Å². The molecule has 292 valence electrons. The molecule has 10 heteroatoms. The van der Waals surface area contributed by atoms with Crippen molar-refractivity contribution in [1.82, 2.24) is 24.9 Å². The Morgan fingerprint density at radius 3 is 2.15 bits per heavy atom. The molecule has 0 aromatic heterocycles. The molecule has 0 saturated carbocycles. The van der Waals surface area contributed by atoms with Crippen LogP contribution < -0.4 is 5.32 Å². The topological polar surface area (TPSA) is 103 Å². The van der Waals surface area contributed by atoms with Gasteiger partial charge in [-0.05, 0) is 102 Å². The molecule has 1 aliphatic heterocycles. The van der Waals surface area contributed by atoms with Crippen LogP contribution in [0.5, 0.6) is 0 Å². The molecule has 4 amide bonds. The molecular weight excluding hydrogens is 679 g/mol. The Morgan fingerprint density at radius 1 is 0.833 bits per heavy atom. The Balaban J connectivity index is 1.62. The number of hydrogen-bond acceptors (Lipinski definition) is 6. The summed E-state index contributed by atoms with van der Waals surface area (Å²) in [5, 5.41) is 4.99. The third-order valence-corrected chi connectivity index (χ3v) is 9.90. The van der Waals surface area contributed by atoms with E-state index < -0.39 is 29.3 Å². The maximum Gasteiger partial charge on any atom is 0.408 e. The number of likely N-dealkylation sites (N-methyl/N-ethyl adjacent to an activating group) is 2. The maximum absolute atomic E-state index is 14.8. The fourth-order valence-corrected chi connectivity index (χ4v) is 7.09. The predicted molar refractivity (Wildman–Crippen MR) is 216 cm³/mol.